The van der Waals surface area contributed by atoms with Crippen LogP contribution in [0.15, 0.2) is 61.1 Å². The third kappa shape index (κ3) is 7.20. The van der Waals surface area contributed by atoms with E-state index in [4.69, 9.17) is 19.2 Å². The van der Waals surface area contributed by atoms with Gasteiger partial charge in [-0.25, -0.2) is 13.8 Å². The number of fused-ring (bicyclic) bond motifs is 1. The summed E-state index contributed by atoms with van der Waals surface area (Å²) in [5.74, 6) is 1.76. The molecule has 1 amide bonds. The SMILES string of the molecule is COc1cc(OC)cc(N(Cc2nccn2S(=O)(=O)N(C)C)c2ccc3ncc(C4CCN(C(=O)OC(C)(C)C)CC4)cc3c2)c1. The van der Waals surface area contributed by atoms with E-state index < -0.39 is 15.8 Å². The quantitative estimate of drug-likeness (QED) is 0.230. The maximum absolute atomic E-state index is 13.1. The van der Waals surface area contributed by atoms with E-state index in [1.807, 2.05) is 62.2 Å². The number of ether oxygens (including phenoxy) is 3. The van der Waals surface area contributed by atoms with Gasteiger partial charge in [0.1, 0.15) is 22.9 Å². The fraction of sp³-hybridized carbons (Fsp3) is 0.424. The van der Waals surface area contributed by atoms with Crippen molar-refractivity contribution < 1.29 is 27.4 Å². The molecular weight excluding hydrogens is 608 g/mol. The number of methoxy groups -OCH3 is 2. The van der Waals surface area contributed by atoms with Crippen molar-refractivity contribution in [1.29, 1.82) is 0 Å². The lowest BCUT2D eigenvalue weighted by Crippen LogP contribution is -2.41. The molecule has 5 rings (SSSR count). The summed E-state index contributed by atoms with van der Waals surface area (Å²) in [7, 11) is 2.34. The Labute approximate surface area is 270 Å². The van der Waals surface area contributed by atoms with Crippen LogP contribution >= 0.6 is 0 Å². The highest BCUT2D eigenvalue weighted by atomic mass is 32.2. The second-order valence-corrected chi connectivity index (χ2v) is 14.5. The van der Waals surface area contributed by atoms with E-state index in [-0.39, 0.29) is 18.6 Å². The standard InChI is InChI=1S/C33H42N6O6S/c1-33(2,3)45-32(40)37-13-10-23(11-14-37)25-16-24-17-26(8-9-30(24)35-21-25)38(27-18-28(43-6)20-29(19-27)44-7)22-31-34-12-15-39(31)46(41,42)36(4)5/h8-9,12,15-21,23H,10-11,13-14,22H2,1-7H3. The number of piperidine rings is 1. The fourth-order valence-corrected chi connectivity index (χ4v) is 6.42. The summed E-state index contributed by atoms with van der Waals surface area (Å²) in [4.78, 5) is 25.5. The van der Waals surface area contributed by atoms with Crippen LogP contribution in [-0.4, -0.2) is 84.7 Å². The van der Waals surface area contributed by atoms with Crippen LogP contribution in [0.4, 0.5) is 16.2 Å². The van der Waals surface area contributed by atoms with Crippen molar-refractivity contribution in [2.75, 3.05) is 46.3 Å². The number of hydrogen-bond donors (Lipinski definition) is 0. The summed E-state index contributed by atoms with van der Waals surface area (Å²) in [6.45, 7) is 6.99. The van der Waals surface area contributed by atoms with Crippen molar-refractivity contribution >= 4 is 38.6 Å². The molecule has 12 nitrogen and oxygen atoms in total. The van der Waals surface area contributed by atoms with E-state index in [9.17, 15) is 13.2 Å². The molecule has 0 aliphatic carbocycles. The predicted octanol–water partition coefficient (Wildman–Crippen LogP) is 5.56. The van der Waals surface area contributed by atoms with Gasteiger partial charge in [0.25, 0.3) is 0 Å². The molecule has 1 saturated heterocycles. The van der Waals surface area contributed by atoms with Crippen LogP contribution in [0.3, 0.4) is 0 Å². The van der Waals surface area contributed by atoms with E-state index >= 15 is 0 Å². The topological polar surface area (TPSA) is 119 Å². The molecule has 0 unspecified atom stereocenters. The Morgan fingerprint density at radius 3 is 2.24 bits per heavy atom. The molecule has 2 aromatic heterocycles. The summed E-state index contributed by atoms with van der Waals surface area (Å²) in [6, 6.07) is 13.6. The average Bonchev–Trinajstić information content (AvgIpc) is 3.51. The number of pyridine rings is 1. The summed E-state index contributed by atoms with van der Waals surface area (Å²) >= 11 is 0. The Balaban J connectivity index is 1.49. The summed E-state index contributed by atoms with van der Waals surface area (Å²) in [6.07, 6.45) is 6.19. The maximum atomic E-state index is 13.1. The number of carbonyl (C=O) groups is 1. The first-order valence-electron chi connectivity index (χ1n) is 15.1. The van der Waals surface area contributed by atoms with Crippen molar-refractivity contribution in [3.05, 3.63) is 72.4 Å². The van der Waals surface area contributed by atoms with E-state index in [1.165, 1.54) is 30.5 Å². The molecule has 246 valence electrons. The minimum Gasteiger partial charge on any atom is -0.497 e. The number of imidazole rings is 1. The van der Waals surface area contributed by atoms with Gasteiger partial charge in [-0.1, -0.05) is 0 Å². The lowest BCUT2D eigenvalue weighted by atomic mass is 9.90. The Bertz CT molecular complexity index is 1790. The minimum absolute atomic E-state index is 0.137. The number of hydrogen-bond acceptors (Lipinski definition) is 9. The van der Waals surface area contributed by atoms with Gasteiger partial charge in [0.2, 0.25) is 0 Å². The monoisotopic (exact) mass is 650 g/mol. The summed E-state index contributed by atoms with van der Waals surface area (Å²) < 4.78 is 45.2. The third-order valence-electron chi connectivity index (χ3n) is 7.95. The van der Waals surface area contributed by atoms with Crippen LogP contribution in [-0.2, 0) is 21.5 Å². The zero-order valence-corrected chi connectivity index (χ0v) is 28.2. The van der Waals surface area contributed by atoms with Gasteiger partial charge < -0.3 is 24.0 Å². The van der Waals surface area contributed by atoms with Crippen LogP contribution in [0.1, 0.15) is 50.9 Å². The molecule has 1 fully saturated rings. The van der Waals surface area contributed by atoms with Crippen molar-refractivity contribution in [2.24, 2.45) is 0 Å². The Kier molecular flexibility index (Phi) is 9.45. The van der Waals surface area contributed by atoms with Gasteiger partial charge >= 0.3 is 16.3 Å². The molecule has 0 atom stereocenters. The average molecular weight is 651 g/mol. The van der Waals surface area contributed by atoms with E-state index in [0.717, 1.165) is 45.0 Å². The number of aromatic nitrogens is 3. The van der Waals surface area contributed by atoms with Crippen molar-refractivity contribution in [1.82, 2.24) is 23.1 Å². The molecule has 46 heavy (non-hydrogen) atoms. The Hall–Kier alpha value is -4.36. The minimum atomic E-state index is -3.80. The Morgan fingerprint density at radius 2 is 1.63 bits per heavy atom. The largest absolute Gasteiger partial charge is 0.497 e. The van der Waals surface area contributed by atoms with Gasteiger partial charge in [-0.2, -0.15) is 12.7 Å². The highest BCUT2D eigenvalue weighted by molar-refractivity contribution is 7.87. The van der Waals surface area contributed by atoms with Crippen LogP contribution in [0.25, 0.3) is 10.9 Å². The first-order chi connectivity index (χ1) is 21.8. The molecule has 0 spiro atoms. The van der Waals surface area contributed by atoms with Gasteiger partial charge in [-0.3, -0.25) is 4.98 Å². The molecule has 0 saturated carbocycles. The number of anilines is 2. The molecule has 2 aromatic carbocycles. The van der Waals surface area contributed by atoms with Gasteiger partial charge in [0.15, 0.2) is 0 Å². The first-order valence-corrected chi connectivity index (χ1v) is 16.5. The van der Waals surface area contributed by atoms with Crippen LogP contribution < -0.4 is 14.4 Å². The fourth-order valence-electron chi connectivity index (χ4n) is 5.49. The highest BCUT2D eigenvalue weighted by Crippen LogP contribution is 2.36. The highest BCUT2D eigenvalue weighted by Gasteiger charge is 2.28. The number of rotatable bonds is 9. The molecule has 3 heterocycles. The van der Waals surface area contributed by atoms with Crippen LogP contribution in [0.2, 0.25) is 0 Å². The number of nitrogens with zero attached hydrogens (tertiary/aromatic N) is 6. The van der Waals surface area contributed by atoms with Gasteiger partial charge in [0, 0.05) is 80.7 Å². The molecule has 0 N–H and O–H groups in total. The van der Waals surface area contributed by atoms with Crippen LogP contribution in [0.5, 0.6) is 11.5 Å². The predicted molar refractivity (Wildman–Crippen MR) is 177 cm³/mol. The molecule has 13 heteroatoms. The molecule has 4 aromatic rings. The summed E-state index contributed by atoms with van der Waals surface area (Å²) in [5.41, 5.74) is 2.94. The lowest BCUT2D eigenvalue weighted by Gasteiger charge is -2.33. The molecular formula is C33H42N6O6S. The van der Waals surface area contributed by atoms with E-state index in [2.05, 4.69) is 11.1 Å². The van der Waals surface area contributed by atoms with Crippen molar-refractivity contribution in [3.8, 4) is 11.5 Å². The Morgan fingerprint density at radius 1 is 0.957 bits per heavy atom. The second-order valence-electron chi connectivity index (χ2n) is 12.5. The van der Waals surface area contributed by atoms with Gasteiger partial charge in [-0.15, -0.1) is 0 Å². The number of amides is 1. The third-order valence-corrected chi connectivity index (χ3v) is 9.71. The zero-order valence-electron chi connectivity index (χ0n) is 27.4. The van der Waals surface area contributed by atoms with Gasteiger partial charge in [-0.05, 0) is 69.4 Å². The smallest absolute Gasteiger partial charge is 0.410 e. The van der Waals surface area contributed by atoms with E-state index in [1.54, 1.807) is 25.2 Å². The van der Waals surface area contributed by atoms with Crippen LogP contribution in [0, 0.1) is 0 Å². The summed E-state index contributed by atoms with van der Waals surface area (Å²) in [5, 5.41) is 0.939. The zero-order chi connectivity index (χ0) is 33.2. The molecule has 1 aliphatic rings. The molecule has 0 radical (unpaired) electrons. The normalized spacial score (nSPS) is 14.5. The molecule has 1 aliphatic heterocycles. The first kappa shape index (κ1) is 33.0. The maximum Gasteiger partial charge on any atom is 0.410 e. The number of benzene rings is 2. The van der Waals surface area contributed by atoms with Crippen molar-refractivity contribution in [3.63, 3.8) is 0 Å². The van der Waals surface area contributed by atoms with Gasteiger partial charge in [0.05, 0.1) is 26.3 Å². The number of carbonyl (C=O) groups excluding carboxylic acids is 1. The van der Waals surface area contributed by atoms with Crippen molar-refractivity contribution in [2.45, 2.75) is 51.7 Å². The molecule has 0 bridgehead atoms. The lowest BCUT2D eigenvalue weighted by molar-refractivity contribution is 0.0204. The van der Waals surface area contributed by atoms with E-state index in [0.29, 0.717) is 30.4 Å². The second kappa shape index (κ2) is 13.2. The number of likely N-dealkylation sites (tertiary alicyclic amines) is 1.